The minimum atomic E-state index is -0.467. The number of nitro benzene ring substituents is 1. The Morgan fingerprint density at radius 3 is 2.38 bits per heavy atom. The SMILES string of the molecule is Cc1cc([N+](=O)[O-])ccc1NC(=O)COc1c(C)ccc(C)c1C. The Kier molecular flexibility index (Phi) is 5.18. The molecular weight excluding hydrogens is 308 g/mol. The Bertz CT molecular complexity index is 800. The van der Waals surface area contributed by atoms with Crippen LogP contribution in [0.15, 0.2) is 30.3 Å². The lowest BCUT2D eigenvalue weighted by Crippen LogP contribution is -2.21. The van der Waals surface area contributed by atoms with E-state index >= 15 is 0 Å². The molecule has 1 amide bonds. The van der Waals surface area contributed by atoms with Crippen molar-refractivity contribution in [2.75, 3.05) is 11.9 Å². The fourth-order valence-corrected chi connectivity index (χ4v) is 2.37. The monoisotopic (exact) mass is 328 g/mol. The first-order chi connectivity index (χ1) is 11.3. The highest BCUT2D eigenvalue weighted by atomic mass is 16.6. The number of nitro groups is 1. The summed E-state index contributed by atoms with van der Waals surface area (Å²) < 4.78 is 5.66. The van der Waals surface area contributed by atoms with Crippen LogP contribution in [-0.2, 0) is 4.79 Å². The molecule has 0 fully saturated rings. The lowest BCUT2D eigenvalue weighted by atomic mass is 10.1. The number of hydrogen-bond acceptors (Lipinski definition) is 4. The van der Waals surface area contributed by atoms with Gasteiger partial charge in [-0.1, -0.05) is 12.1 Å². The van der Waals surface area contributed by atoms with Gasteiger partial charge in [0.05, 0.1) is 4.92 Å². The summed E-state index contributed by atoms with van der Waals surface area (Å²) in [6.45, 7) is 7.46. The molecule has 0 heterocycles. The Morgan fingerprint density at radius 1 is 1.08 bits per heavy atom. The van der Waals surface area contributed by atoms with Gasteiger partial charge in [-0.15, -0.1) is 0 Å². The standard InChI is InChI=1S/C18H20N2O4/c1-11-5-6-12(2)18(14(11)4)24-10-17(21)19-16-8-7-15(20(22)23)9-13(16)3/h5-9H,10H2,1-4H3,(H,19,21). The highest BCUT2D eigenvalue weighted by Crippen LogP contribution is 2.26. The predicted molar refractivity (Wildman–Crippen MR) is 92.6 cm³/mol. The van der Waals surface area contributed by atoms with Crippen molar-refractivity contribution in [1.29, 1.82) is 0 Å². The zero-order valence-corrected chi connectivity index (χ0v) is 14.2. The molecule has 0 aliphatic rings. The minimum absolute atomic E-state index is 0.00670. The summed E-state index contributed by atoms with van der Waals surface area (Å²) >= 11 is 0. The van der Waals surface area contributed by atoms with Crippen molar-refractivity contribution in [3.8, 4) is 5.75 Å². The largest absolute Gasteiger partial charge is 0.483 e. The number of non-ortho nitro benzene ring substituents is 1. The summed E-state index contributed by atoms with van der Waals surface area (Å²) in [4.78, 5) is 22.4. The molecule has 0 unspecified atom stereocenters. The van der Waals surface area contributed by atoms with Gasteiger partial charge in [-0.25, -0.2) is 0 Å². The Labute approximate surface area is 140 Å². The number of benzene rings is 2. The Balaban J connectivity index is 2.05. The van der Waals surface area contributed by atoms with E-state index in [1.165, 1.54) is 18.2 Å². The van der Waals surface area contributed by atoms with E-state index in [9.17, 15) is 14.9 Å². The number of rotatable bonds is 5. The molecule has 0 aromatic heterocycles. The van der Waals surface area contributed by atoms with Crippen LogP contribution in [0.25, 0.3) is 0 Å². The fourth-order valence-electron chi connectivity index (χ4n) is 2.37. The maximum atomic E-state index is 12.1. The van der Waals surface area contributed by atoms with Crippen LogP contribution in [0.3, 0.4) is 0 Å². The minimum Gasteiger partial charge on any atom is -0.483 e. The van der Waals surface area contributed by atoms with Crippen LogP contribution in [0.1, 0.15) is 22.3 Å². The van der Waals surface area contributed by atoms with Crippen LogP contribution < -0.4 is 10.1 Å². The summed E-state index contributed by atoms with van der Waals surface area (Å²) in [6, 6.07) is 8.27. The molecule has 0 aliphatic carbocycles. The van der Waals surface area contributed by atoms with Crippen LogP contribution in [0, 0.1) is 37.8 Å². The zero-order chi connectivity index (χ0) is 17.9. The van der Waals surface area contributed by atoms with Gasteiger partial charge in [-0.2, -0.15) is 0 Å². The first-order valence-electron chi connectivity index (χ1n) is 7.54. The van der Waals surface area contributed by atoms with Gasteiger partial charge in [0.25, 0.3) is 11.6 Å². The molecule has 0 saturated carbocycles. The van der Waals surface area contributed by atoms with Crippen molar-refractivity contribution in [2.45, 2.75) is 27.7 Å². The van der Waals surface area contributed by atoms with Crippen molar-refractivity contribution in [1.82, 2.24) is 0 Å². The van der Waals surface area contributed by atoms with Gasteiger partial charge in [-0.3, -0.25) is 14.9 Å². The molecule has 6 nitrogen and oxygen atoms in total. The molecule has 0 radical (unpaired) electrons. The lowest BCUT2D eigenvalue weighted by Gasteiger charge is -2.14. The van der Waals surface area contributed by atoms with E-state index in [4.69, 9.17) is 4.74 Å². The molecule has 126 valence electrons. The number of nitrogens with one attached hydrogen (secondary N) is 1. The third kappa shape index (κ3) is 3.90. The number of ether oxygens (including phenoxy) is 1. The van der Waals surface area contributed by atoms with E-state index in [0.29, 0.717) is 17.0 Å². The quantitative estimate of drug-likeness (QED) is 0.668. The summed E-state index contributed by atoms with van der Waals surface area (Å²) in [5.41, 5.74) is 4.23. The Hall–Kier alpha value is -2.89. The average molecular weight is 328 g/mol. The van der Waals surface area contributed by atoms with Gasteiger partial charge in [0.1, 0.15) is 5.75 Å². The number of nitrogens with zero attached hydrogens (tertiary/aromatic N) is 1. The second-order valence-corrected chi connectivity index (χ2v) is 5.75. The second-order valence-electron chi connectivity index (χ2n) is 5.75. The lowest BCUT2D eigenvalue weighted by molar-refractivity contribution is -0.384. The molecule has 0 atom stereocenters. The van der Waals surface area contributed by atoms with Gasteiger partial charge in [0.2, 0.25) is 0 Å². The average Bonchev–Trinajstić information content (AvgIpc) is 2.53. The van der Waals surface area contributed by atoms with Crippen molar-refractivity contribution in [3.63, 3.8) is 0 Å². The predicted octanol–water partition coefficient (Wildman–Crippen LogP) is 3.85. The molecule has 0 saturated heterocycles. The zero-order valence-electron chi connectivity index (χ0n) is 14.2. The van der Waals surface area contributed by atoms with Crippen LogP contribution in [0.5, 0.6) is 5.75 Å². The molecule has 2 aromatic rings. The fraction of sp³-hybridized carbons (Fsp3) is 0.278. The van der Waals surface area contributed by atoms with E-state index < -0.39 is 4.92 Å². The van der Waals surface area contributed by atoms with Gasteiger partial charge < -0.3 is 10.1 Å². The molecule has 0 bridgehead atoms. The molecular formula is C18H20N2O4. The first kappa shape index (κ1) is 17.5. The van der Waals surface area contributed by atoms with Gasteiger partial charge >= 0.3 is 0 Å². The van der Waals surface area contributed by atoms with E-state index in [1.54, 1.807) is 6.92 Å². The first-order valence-corrected chi connectivity index (χ1v) is 7.54. The number of amides is 1. The third-order valence-corrected chi connectivity index (χ3v) is 3.92. The molecule has 24 heavy (non-hydrogen) atoms. The van der Waals surface area contributed by atoms with Gasteiger partial charge in [-0.05, 0) is 56.0 Å². The highest BCUT2D eigenvalue weighted by Gasteiger charge is 2.12. The number of anilines is 1. The van der Waals surface area contributed by atoms with E-state index in [2.05, 4.69) is 5.32 Å². The van der Waals surface area contributed by atoms with Crippen LogP contribution >= 0.6 is 0 Å². The van der Waals surface area contributed by atoms with Crippen LogP contribution in [0.4, 0.5) is 11.4 Å². The summed E-state index contributed by atoms with van der Waals surface area (Å²) in [7, 11) is 0. The molecule has 1 N–H and O–H groups in total. The maximum absolute atomic E-state index is 12.1. The van der Waals surface area contributed by atoms with Gasteiger partial charge in [0.15, 0.2) is 6.61 Å². The molecule has 6 heteroatoms. The normalized spacial score (nSPS) is 10.3. The van der Waals surface area contributed by atoms with Crippen molar-refractivity contribution < 1.29 is 14.5 Å². The van der Waals surface area contributed by atoms with E-state index in [-0.39, 0.29) is 18.2 Å². The molecule has 2 aromatic carbocycles. The maximum Gasteiger partial charge on any atom is 0.269 e. The van der Waals surface area contributed by atoms with Crippen LogP contribution in [0.2, 0.25) is 0 Å². The summed E-state index contributed by atoms with van der Waals surface area (Å²) in [6.07, 6.45) is 0. The molecule has 0 spiro atoms. The van der Waals surface area contributed by atoms with E-state index in [1.807, 2.05) is 32.9 Å². The van der Waals surface area contributed by atoms with Crippen molar-refractivity contribution in [3.05, 3.63) is 62.7 Å². The number of carbonyl (C=O) groups excluding carboxylic acids is 1. The second kappa shape index (κ2) is 7.12. The smallest absolute Gasteiger partial charge is 0.269 e. The van der Waals surface area contributed by atoms with Crippen LogP contribution in [-0.4, -0.2) is 17.4 Å². The summed E-state index contributed by atoms with van der Waals surface area (Å²) in [5.74, 6) is 0.401. The molecule has 2 rings (SSSR count). The van der Waals surface area contributed by atoms with E-state index in [0.717, 1.165) is 16.7 Å². The Morgan fingerprint density at radius 2 is 1.75 bits per heavy atom. The van der Waals surface area contributed by atoms with Gasteiger partial charge in [0, 0.05) is 17.8 Å². The topological polar surface area (TPSA) is 81.5 Å². The number of carbonyl (C=O) groups is 1. The van der Waals surface area contributed by atoms with Crippen molar-refractivity contribution >= 4 is 17.3 Å². The summed E-state index contributed by atoms with van der Waals surface area (Å²) in [5, 5.41) is 13.4. The number of hydrogen-bond donors (Lipinski definition) is 1. The third-order valence-electron chi connectivity index (χ3n) is 3.92. The molecule has 0 aliphatic heterocycles. The van der Waals surface area contributed by atoms with Crippen molar-refractivity contribution in [2.24, 2.45) is 0 Å². The number of aryl methyl sites for hydroxylation is 3. The highest BCUT2D eigenvalue weighted by molar-refractivity contribution is 5.92.